The summed E-state index contributed by atoms with van der Waals surface area (Å²) < 4.78 is 0. The molecule has 23 heavy (non-hydrogen) atoms. The molecule has 0 radical (unpaired) electrons. The van der Waals surface area contributed by atoms with E-state index in [0.29, 0.717) is 22.4 Å². The lowest BCUT2D eigenvalue weighted by Gasteiger charge is -2.07. The van der Waals surface area contributed by atoms with Crippen LogP contribution in [0.5, 0.6) is 0 Å². The fourth-order valence-corrected chi connectivity index (χ4v) is 2.44. The van der Waals surface area contributed by atoms with Gasteiger partial charge in [0, 0.05) is 22.3 Å². The first-order valence-corrected chi connectivity index (χ1v) is 7.27. The Balaban J connectivity index is 1.99. The lowest BCUT2D eigenvalue weighted by Crippen LogP contribution is -2.06. The third kappa shape index (κ3) is 3.19. The van der Waals surface area contributed by atoms with Crippen molar-refractivity contribution in [1.29, 1.82) is 0 Å². The third-order valence-electron chi connectivity index (χ3n) is 3.58. The number of ketones is 1. The van der Waals surface area contributed by atoms with E-state index < -0.39 is 0 Å². The fraction of sp³-hybridized carbons (Fsp3) is 0. The molecule has 112 valence electrons. The molecule has 0 saturated heterocycles. The van der Waals surface area contributed by atoms with Gasteiger partial charge < -0.3 is 5.21 Å². The van der Waals surface area contributed by atoms with Crippen LogP contribution in [0.3, 0.4) is 0 Å². The van der Waals surface area contributed by atoms with Crippen molar-refractivity contribution in [1.82, 2.24) is 0 Å². The van der Waals surface area contributed by atoms with Gasteiger partial charge in [0.2, 0.25) is 0 Å². The summed E-state index contributed by atoms with van der Waals surface area (Å²) in [5, 5.41) is 12.8. The molecule has 3 aromatic carbocycles. The van der Waals surface area contributed by atoms with E-state index in [1.165, 1.54) is 0 Å². The van der Waals surface area contributed by atoms with Gasteiger partial charge in [0.1, 0.15) is 5.71 Å². The van der Waals surface area contributed by atoms with Crippen LogP contribution in [0.4, 0.5) is 0 Å². The molecule has 3 rings (SSSR count). The maximum atomic E-state index is 12.5. The van der Waals surface area contributed by atoms with E-state index in [9.17, 15) is 10.0 Å². The Morgan fingerprint density at radius 2 is 1.17 bits per heavy atom. The average molecular weight is 301 g/mol. The molecular weight excluding hydrogens is 286 g/mol. The highest BCUT2D eigenvalue weighted by atomic mass is 16.4. The highest BCUT2D eigenvalue weighted by molar-refractivity contribution is 6.15. The Morgan fingerprint density at radius 3 is 1.78 bits per heavy atom. The maximum absolute atomic E-state index is 12.5. The first kappa shape index (κ1) is 14.7. The molecule has 1 N–H and O–H groups in total. The number of hydrogen-bond donors (Lipinski definition) is 1. The summed E-state index contributed by atoms with van der Waals surface area (Å²) in [7, 11) is 0. The number of nitrogens with zero attached hydrogens (tertiary/aromatic N) is 1. The first-order chi connectivity index (χ1) is 11.3. The quantitative estimate of drug-likeness (QED) is 0.341. The van der Waals surface area contributed by atoms with Gasteiger partial charge in [-0.25, -0.2) is 0 Å². The van der Waals surface area contributed by atoms with Crippen LogP contribution in [-0.2, 0) is 0 Å². The lowest BCUT2D eigenvalue weighted by molar-refractivity contribution is 0.103. The van der Waals surface area contributed by atoms with Gasteiger partial charge in [0.05, 0.1) is 0 Å². The average Bonchev–Trinajstić information content (AvgIpc) is 2.64. The molecule has 0 heterocycles. The van der Waals surface area contributed by atoms with Crippen molar-refractivity contribution in [2.45, 2.75) is 0 Å². The van der Waals surface area contributed by atoms with Gasteiger partial charge in [0.25, 0.3) is 0 Å². The summed E-state index contributed by atoms with van der Waals surface area (Å²) in [6.45, 7) is 0. The van der Waals surface area contributed by atoms with Crippen LogP contribution in [0.15, 0.2) is 90.1 Å². The van der Waals surface area contributed by atoms with Crippen molar-refractivity contribution in [2.75, 3.05) is 0 Å². The molecule has 0 aliphatic carbocycles. The standard InChI is InChI=1S/C20H15NO2/c22-20(16-10-5-2-6-11-16)18-13-7-12-17(14-18)19(21-23)15-8-3-1-4-9-15/h1-14,23H. The maximum Gasteiger partial charge on any atom is 0.193 e. The van der Waals surface area contributed by atoms with Crippen molar-refractivity contribution < 1.29 is 10.0 Å². The van der Waals surface area contributed by atoms with Gasteiger partial charge in [-0.3, -0.25) is 4.79 Å². The number of rotatable bonds is 4. The van der Waals surface area contributed by atoms with E-state index in [4.69, 9.17) is 0 Å². The van der Waals surface area contributed by atoms with Gasteiger partial charge in [-0.05, 0) is 6.07 Å². The zero-order chi connectivity index (χ0) is 16.1. The van der Waals surface area contributed by atoms with Crippen LogP contribution in [0.25, 0.3) is 0 Å². The zero-order valence-corrected chi connectivity index (χ0v) is 12.4. The van der Waals surface area contributed by atoms with Crippen LogP contribution in [0.2, 0.25) is 0 Å². The summed E-state index contributed by atoms with van der Waals surface area (Å²) in [5.41, 5.74) is 3.12. The van der Waals surface area contributed by atoms with E-state index in [1.54, 1.807) is 30.3 Å². The molecule has 0 bridgehead atoms. The molecule has 3 heteroatoms. The summed E-state index contributed by atoms with van der Waals surface area (Å²) in [6, 6.07) is 25.6. The molecule has 0 unspecified atom stereocenters. The Labute approximate surface area is 134 Å². The van der Waals surface area contributed by atoms with Crippen LogP contribution < -0.4 is 0 Å². The van der Waals surface area contributed by atoms with Crippen molar-refractivity contribution in [3.63, 3.8) is 0 Å². The molecule has 0 atom stereocenters. The molecule has 0 saturated carbocycles. The summed E-state index contributed by atoms with van der Waals surface area (Å²) >= 11 is 0. The normalized spacial score (nSPS) is 11.2. The number of carbonyl (C=O) groups excluding carboxylic acids is 1. The first-order valence-electron chi connectivity index (χ1n) is 7.27. The summed E-state index contributed by atoms with van der Waals surface area (Å²) in [4.78, 5) is 12.5. The van der Waals surface area contributed by atoms with Crippen molar-refractivity contribution in [3.05, 3.63) is 107 Å². The van der Waals surface area contributed by atoms with Crippen LogP contribution in [0.1, 0.15) is 27.0 Å². The second-order valence-corrected chi connectivity index (χ2v) is 5.09. The molecule has 0 aliphatic heterocycles. The summed E-state index contributed by atoms with van der Waals surface area (Å²) in [5.74, 6) is -0.0576. The number of carbonyl (C=O) groups is 1. The zero-order valence-electron chi connectivity index (χ0n) is 12.4. The molecule has 0 aliphatic rings. The second-order valence-electron chi connectivity index (χ2n) is 5.09. The predicted molar refractivity (Wildman–Crippen MR) is 90.2 cm³/mol. The van der Waals surface area contributed by atoms with Crippen molar-refractivity contribution in [3.8, 4) is 0 Å². The number of hydrogen-bond acceptors (Lipinski definition) is 3. The number of benzene rings is 3. The largest absolute Gasteiger partial charge is 0.410 e. The third-order valence-corrected chi connectivity index (χ3v) is 3.58. The van der Waals surface area contributed by atoms with Gasteiger partial charge in [-0.15, -0.1) is 0 Å². The highest BCUT2D eigenvalue weighted by Gasteiger charge is 2.12. The minimum atomic E-state index is -0.0576. The van der Waals surface area contributed by atoms with Crippen LogP contribution in [0, 0.1) is 0 Å². The fourth-order valence-electron chi connectivity index (χ4n) is 2.44. The van der Waals surface area contributed by atoms with Crippen LogP contribution >= 0.6 is 0 Å². The van der Waals surface area contributed by atoms with Crippen molar-refractivity contribution in [2.24, 2.45) is 5.16 Å². The smallest absolute Gasteiger partial charge is 0.193 e. The monoisotopic (exact) mass is 301 g/mol. The number of oxime groups is 1. The minimum absolute atomic E-state index is 0.0576. The van der Waals surface area contributed by atoms with E-state index in [0.717, 1.165) is 5.56 Å². The Kier molecular flexibility index (Phi) is 4.29. The highest BCUT2D eigenvalue weighted by Crippen LogP contribution is 2.15. The Hall–Kier alpha value is -3.20. The summed E-state index contributed by atoms with van der Waals surface area (Å²) in [6.07, 6.45) is 0. The second kappa shape index (κ2) is 6.71. The molecular formula is C20H15NO2. The van der Waals surface area contributed by atoms with Gasteiger partial charge in [-0.2, -0.15) is 0 Å². The molecule has 0 aromatic heterocycles. The predicted octanol–water partition coefficient (Wildman–Crippen LogP) is 4.14. The topological polar surface area (TPSA) is 49.7 Å². The van der Waals surface area contributed by atoms with E-state index >= 15 is 0 Å². The van der Waals surface area contributed by atoms with Crippen LogP contribution in [-0.4, -0.2) is 16.7 Å². The van der Waals surface area contributed by atoms with Gasteiger partial charge in [0.15, 0.2) is 5.78 Å². The van der Waals surface area contributed by atoms with E-state index in [2.05, 4.69) is 5.16 Å². The lowest BCUT2D eigenvalue weighted by atomic mass is 9.97. The molecule has 0 fully saturated rings. The molecule has 3 aromatic rings. The van der Waals surface area contributed by atoms with Gasteiger partial charge in [-0.1, -0.05) is 84.0 Å². The molecule has 0 amide bonds. The Morgan fingerprint density at radius 1 is 0.652 bits per heavy atom. The Bertz CT molecular complexity index is 840. The minimum Gasteiger partial charge on any atom is -0.410 e. The molecule has 0 spiro atoms. The van der Waals surface area contributed by atoms with E-state index in [1.807, 2.05) is 54.6 Å². The SMILES string of the molecule is O=C(c1ccccc1)c1cccc(C(=NO)c2ccccc2)c1. The van der Waals surface area contributed by atoms with E-state index in [-0.39, 0.29) is 5.78 Å². The van der Waals surface area contributed by atoms with Gasteiger partial charge >= 0.3 is 0 Å². The molecule has 3 nitrogen and oxygen atoms in total. The van der Waals surface area contributed by atoms with Crippen molar-refractivity contribution >= 4 is 11.5 Å².